The van der Waals surface area contributed by atoms with Crippen LogP contribution in [0, 0.1) is 5.92 Å². The lowest BCUT2D eigenvalue weighted by molar-refractivity contribution is -0.141. The molecule has 2 aromatic rings. The first-order chi connectivity index (χ1) is 14.2. The molecule has 1 aliphatic rings. The van der Waals surface area contributed by atoms with Gasteiger partial charge in [-0.1, -0.05) is 19.1 Å². The maximum Gasteiger partial charge on any atom is 0.433 e. The molecule has 0 amide bonds. The van der Waals surface area contributed by atoms with Gasteiger partial charge in [-0.25, -0.2) is 4.98 Å². The topological polar surface area (TPSA) is 62.3 Å². The number of piperidine rings is 1. The van der Waals surface area contributed by atoms with Gasteiger partial charge in [0.25, 0.3) is 0 Å². The Morgan fingerprint density at radius 3 is 2.63 bits per heavy atom. The summed E-state index contributed by atoms with van der Waals surface area (Å²) in [7, 11) is 1.58. The third-order valence-corrected chi connectivity index (χ3v) is 5.07. The van der Waals surface area contributed by atoms with Crippen LogP contribution in [-0.4, -0.2) is 35.3 Å². The van der Waals surface area contributed by atoms with Gasteiger partial charge < -0.3 is 20.3 Å². The third-order valence-electron chi connectivity index (χ3n) is 4.82. The molecule has 2 N–H and O–H groups in total. The summed E-state index contributed by atoms with van der Waals surface area (Å²) in [5, 5.41) is 5.78. The van der Waals surface area contributed by atoms with Crippen LogP contribution in [0.2, 0.25) is 0 Å². The number of ether oxygens (including phenoxy) is 1. The minimum absolute atomic E-state index is 0.142. The average Bonchev–Trinajstić information content (AvgIpc) is 2.72. The Hall–Kier alpha value is -2.62. The summed E-state index contributed by atoms with van der Waals surface area (Å²) in [5.74, 6) is 1.21. The first-order valence-electron chi connectivity index (χ1n) is 9.63. The van der Waals surface area contributed by atoms with E-state index in [0.717, 1.165) is 30.2 Å². The number of hydrogen-bond donors (Lipinski definition) is 2. The van der Waals surface area contributed by atoms with E-state index < -0.39 is 11.9 Å². The SMILES string of the molecule is COc1ccc(CNC(=S)Nc2nc(N3CCC[C@H](C)C3)cc(C(F)(F)F)n2)cc1. The van der Waals surface area contributed by atoms with Crippen molar-refractivity contribution < 1.29 is 17.9 Å². The van der Waals surface area contributed by atoms with E-state index in [9.17, 15) is 13.2 Å². The fraction of sp³-hybridized carbons (Fsp3) is 0.450. The number of aromatic nitrogens is 2. The minimum atomic E-state index is -4.58. The molecule has 10 heteroatoms. The molecule has 1 atom stereocenters. The number of rotatable bonds is 5. The third kappa shape index (κ3) is 5.94. The van der Waals surface area contributed by atoms with Crippen LogP contribution < -0.4 is 20.3 Å². The Balaban J connectivity index is 1.71. The van der Waals surface area contributed by atoms with E-state index in [1.54, 1.807) is 7.11 Å². The molecule has 1 fully saturated rings. The van der Waals surface area contributed by atoms with Crippen molar-refractivity contribution >= 4 is 29.1 Å². The molecule has 0 bridgehead atoms. The first kappa shape index (κ1) is 22.1. The van der Waals surface area contributed by atoms with Crippen LogP contribution in [0.15, 0.2) is 30.3 Å². The molecule has 6 nitrogen and oxygen atoms in total. The molecule has 2 heterocycles. The summed E-state index contributed by atoms with van der Waals surface area (Å²) in [6.07, 6.45) is -2.61. The van der Waals surface area contributed by atoms with Crippen molar-refractivity contribution in [1.29, 1.82) is 0 Å². The second-order valence-corrected chi connectivity index (χ2v) is 7.69. The zero-order valence-corrected chi connectivity index (χ0v) is 17.6. The number of thiocarbonyl (C=S) groups is 1. The van der Waals surface area contributed by atoms with Crippen molar-refractivity contribution in [2.45, 2.75) is 32.5 Å². The van der Waals surface area contributed by atoms with Gasteiger partial charge in [0.05, 0.1) is 7.11 Å². The molecule has 1 saturated heterocycles. The molecule has 1 aromatic heterocycles. The highest BCUT2D eigenvalue weighted by molar-refractivity contribution is 7.80. The molecule has 0 aliphatic carbocycles. The molecule has 1 aromatic carbocycles. The maximum absolute atomic E-state index is 13.4. The lowest BCUT2D eigenvalue weighted by Gasteiger charge is -2.32. The van der Waals surface area contributed by atoms with Crippen LogP contribution in [0.1, 0.15) is 31.0 Å². The van der Waals surface area contributed by atoms with Gasteiger partial charge in [0.15, 0.2) is 10.8 Å². The molecule has 30 heavy (non-hydrogen) atoms. The lowest BCUT2D eigenvalue weighted by Crippen LogP contribution is -2.35. The van der Waals surface area contributed by atoms with E-state index in [2.05, 4.69) is 27.5 Å². The molecule has 0 saturated carbocycles. The second-order valence-electron chi connectivity index (χ2n) is 7.28. The quantitative estimate of drug-likeness (QED) is 0.676. The van der Waals surface area contributed by atoms with Gasteiger partial charge in [-0.3, -0.25) is 0 Å². The standard InChI is InChI=1S/C20H24F3N5OS/c1-13-4-3-9-28(12-13)17-10-16(20(21,22)23)25-18(26-17)27-19(30)24-11-14-5-7-15(29-2)8-6-14/h5-8,10,13H,3-4,9,11-12H2,1-2H3,(H2,24,25,26,27,30)/t13-/m0/s1. The van der Waals surface area contributed by atoms with Crippen molar-refractivity contribution in [3.8, 4) is 5.75 Å². The van der Waals surface area contributed by atoms with Crippen LogP contribution in [-0.2, 0) is 12.7 Å². The minimum Gasteiger partial charge on any atom is -0.497 e. The second kappa shape index (κ2) is 9.46. The zero-order valence-electron chi connectivity index (χ0n) is 16.8. The van der Waals surface area contributed by atoms with E-state index in [-0.39, 0.29) is 16.9 Å². The number of anilines is 2. The monoisotopic (exact) mass is 439 g/mol. The molecular formula is C20H24F3N5OS. The predicted molar refractivity (Wildman–Crippen MR) is 114 cm³/mol. The van der Waals surface area contributed by atoms with E-state index in [1.165, 1.54) is 0 Å². The molecule has 162 valence electrons. The number of nitrogens with zero attached hydrogens (tertiary/aromatic N) is 3. The summed E-state index contributed by atoms with van der Waals surface area (Å²) < 4.78 is 45.2. The Labute approximate surface area is 178 Å². The van der Waals surface area contributed by atoms with Crippen molar-refractivity contribution in [1.82, 2.24) is 15.3 Å². The van der Waals surface area contributed by atoms with Crippen LogP contribution in [0.3, 0.4) is 0 Å². The largest absolute Gasteiger partial charge is 0.497 e. The Bertz CT molecular complexity index is 876. The highest BCUT2D eigenvalue weighted by Gasteiger charge is 2.34. The van der Waals surface area contributed by atoms with Crippen molar-refractivity contribution in [3.05, 3.63) is 41.6 Å². The van der Waals surface area contributed by atoms with Gasteiger partial charge in [0.2, 0.25) is 5.95 Å². The van der Waals surface area contributed by atoms with Gasteiger partial charge in [0, 0.05) is 25.7 Å². The Morgan fingerprint density at radius 2 is 2.00 bits per heavy atom. The van der Waals surface area contributed by atoms with Crippen LogP contribution >= 0.6 is 12.2 Å². The van der Waals surface area contributed by atoms with E-state index in [1.807, 2.05) is 29.2 Å². The Kier molecular flexibility index (Phi) is 6.96. The molecule has 1 aliphatic heterocycles. The van der Waals surface area contributed by atoms with Gasteiger partial charge >= 0.3 is 6.18 Å². The number of methoxy groups -OCH3 is 1. The Morgan fingerprint density at radius 1 is 1.27 bits per heavy atom. The van der Waals surface area contributed by atoms with E-state index in [4.69, 9.17) is 17.0 Å². The number of nitrogens with one attached hydrogen (secondary N) is 2. The summed E-state index contributed by atoms with van der Waals surface area (Å²) in [6, 6.07) is 8.36. The average molecular weight is 440 g/mol. The highest BCUT2D eigenvalue weighted by atomic mass is 32.1. The first-order valence-corrected chi connectivity index (χ1v) is 10.0. The highest BCUT2D eigenvalue weighted by Crippen LogP contribution is 2.31. The van der Waals surface area contributed by atoms with Gasteiger partial charge in [-0.2, -0.15) is 18.2 Å². The number of benzene rings is 1. The molecule has 0 spiro atoms. The van der Waals surface area contributed by atoms with Crippen LogP contribution in [0.5, 0.6) is 5.75 Å². The summed E-state index contributed by atoms with van der Waals surface area (Å²) in [6.45, 7) is 3.80. The fourth-order valence-corrected chi connectivity index (χ4v) is 3.43. The molecule has 3 rings (SSSR count). The number of alkyl halides is 3. The molecular weight excluding hydrogens is 415 g/mol. The van der Waals surface area contributed by atoms with Crippen LogP contribution in [0.4, 0.5) is 24.9 Å². The summed E-state index contributed by atoms with van der Waals surface area (Å²) in [4.78, 5) is 9.77. The maximum atomic E-state index is 13.4. The zero-order chi connectivity index (χ0) is 21.7. The van der Waals surface area contributed by atoms with Crippen molar-refractivity contribution in [3.63, 3.8) is 0 Å². The van der Waals surface area contributed by atoms with Gasteiger partial charge in [0.1, 0.15) is 11.6 Å². The normalized spacial score (nSPS) is 16.8. The predicted octanol–water partition coefficient (Wildman–Crippen LogP) is 4.23. The van der Waals surface area contributed by atoms with Gasteiger partial charge in [-0.15, -0.1) is 0 Å². The van der Waals surface area contributed by atoms with E-state index >= 15 is 0 Å². The fourth-order valence-electron chi connectivity index (χ4n) is 3.27. The smallest absolute Gasteiger partial charge is 0.433 e. The molecule has 0 radical (unpaired) electrons. The van der Waals surface area contributed by atoms with Crippen LogP contribution in [0.25, 0.3) is 0 Å². The summed E-state index contributed by atoms with van der Waals surface area (Å²) in [5.41, 5.74) is -0.0564. The van der Waals surface area contributed by atoms with Crippen molar-refractivity contribution in [2.75, 3.05) is 30.4 Å². The lowest BCUT2D eigenvalue weighted by atomic mass is 10.0. The van der Waals surface area contributed by atoms with E-state index in [0.29, 0.717) is 25.6 Å². The van der Waals surface area contributed by atoms with Gasteiger partial charge in [-0.05, 0) is 48.7 Å². The van der Waals surface area contributed by atoms with Crippen molar-refractivity contribution in [2.24, 2.45) is 5.92 Å². The summed E-state index contributed by atoms with van der Waals surface area (Å²) >= 11 is 5.22. The number of halogens is 3. The number of hydrogen-bond acceptors (Lipinski definition) is 5. The molecule has 0 unspecified atom stereocenters.